The number of anilines is 2. The molecule has 0 atom stereocenters. The van der Waals surface area contributed by atoms with Crippen molar-refractivity contribution < 1.29 is 23.6 Å². The predicted molar refractivity (Wildman–Crippen MR) is 126 cm³/mol. The fraction of sp³-hybridized carbons (Fsp3) is 0.320. The van der Waals surface area contributed by atoms with Gasteiger partial charge in [0.2, 0.25) is 0 Å². The third-order valence-electron chi connectivity index (χ3n) is 4.85. The molecular weight excluding hydrogens is 422 g/mol. The van der Waals surface area contributed by atoms with Crippen molar-refractivity contribution in [3.63, 3.8) is 0 Å². The predicted octanol–water partition coefficient (Wildman–Crippen LogP) is 5.41. The molecule has 2 amide bonds. The van der Waals surface area contributed by atoms with Gasteiger partial charge in [-0.3, -0.25) is 9.59 Å². The number of amides is 2. The molecule has 0 unspecified atom stereocenters. The highest BCUT2D eigenvalue weighted by atomic mass is 16.5. The Labute approximate surface area is 193 Å². The van der Waals surface area contributed by atoms with E-state index in [1.54, 1.807) is 43.3 Å². The number of carbonyl (C=O) groups is 2. The first kappa shape index (κ1) is 23.8. The van der Waals surface area contributed by atoms with Gasteiger partial charge in [0, 0.05) is 23.6 Å². The number of rotatable bonds is 9. The second-order valence-electron chi connectivity index (χ2n) is 7.65. The van der Waals surface area contributed by atoms with Gasteiger partial charge in [-0.15, -0.1) is 0 Å². The Bertz CT molecular complexity index is 1120. The summed E-state index contributed by atoms with van der Waals surface area (Å²) < 4.78 is 16.9. The van der Waals surface area contributed by atoms with Gasteiger partial charge in [0.15, 0.2) is 5.76 Å². The second kappa shape index (κ2) is 10.7. The van der Waals surface area contributed by atoms with Crippen LogP contribution in [0.25, 0.3) is 0 Å². The topological polar surface area (TPSA) is 103 Å². The van der Waals surface area contributed by atoms with Crippen molar-refractivity contribution in [3.05, 3.63) is 65.0 Å². The van der Waals surface area contributed by atoms with Crippen molar-refractivity contribution in [2.24, 2.45) is 0 Å². The van der Waals surface area contributed by atoms with E-state index in [1.807, 2.05) is 33.8 Å². The summed E-state index contributed by atoms with van der Waals surface area (Å²) in [6, 6.07) is 12.2. The van der Waals surface area contributed by atoms with Gasteiger partial charge in [-0.1, -0.05) is 37.2 Å². The highest BCUT2D eigenvalue weighted by Crippen LogP contribution is 2.38. The lowest BCUT2D eigenvalue weighted by atomic mass is 10.0. The second-order valence-corrected chi connectivity index (χ2v) is 7.65. The molecule has 0 aliphatic rings. The van der Waals surface area contributed by atoms with Crippen LogP contribution in [0.4, 0.5) is 11.4 Å². The van der Waals surface area contributed by atoms with Crippen molar-refractivity contribution in [1.82, 2.24) is 5.16 Å². The van der Waals surface area contributed by atoms with Crippen LogP contribution in [0, 0.1) is 6.92 Å². The Morgan fingerprint density at radius 2 is 1.48 bits per heavy atom. The summed E-state index contributed by atoms with van der Waals surface area (Å²) >= 11 is 0. The minimum Gasteiger partial charge on any atom is -0.492 e. The van der Waals surface area contributed by atoms with Gasteiger partial charge in [0.05, 0.1) is 30.3 Å². The van der Waals surface area contributed by atoms with E-state index in [1.165, 1.54) is 0 Å². The molecule has 3 aromatic rings. The number of nitrogens with zero attached hydrogens (tertiary/aromatic N) is 1. The Balaban J connectivity index is 1.96. The van der Waals surface area contributed by atoms with E-state index >= 15 is 0 Å². The zero-order chi connectivity index (χ0) is 24.0. The van der Waals surface area contributed by atoms with Crippen LogP contribution in [0.2, 0.25) is 0 Å². The van der Waals surface area contributed by atoms with E-state index < -0.39 is 0 Å². The number of aryl methyl sites for hydroxylation is 1. The number of aromatic nitrogens is 1. The normalized spacial score (nSPS) is 10.7. The third-order valence-corrected chi connectivity index (χ3v) is 4.85. The quantitative estimate of drug-likeness (QED) is 0.451. The van der Waals surface area contributed by atoms with E-state index in [-0.39, 0.29) is 17.7 Å². The molecule has 0 fully saturated rings. The Morgan fingerprint density at radius 1 is 0.939 bits per heavy atom. The van der Waals surface area contributed by atoms with Gasteiger partial charge in [-0.05, 0) is 32.9 Å². The van der Waals surface area contributed by atoms with Crippen LogP contribution in [0.15, 0.2) is 47.0 Å². The van der Waals surface area contributed by atoms with Crippen LogP contribution >= 0.6 is 0 Å². The van der Waals surface area contributed by atoms with Crippen LogP contribution in [-0.4, -0.2) is 30.2 Å². The van der Waals surface area contributed by atoms with Gasteiger partial charge in [-0.25, -0.2) is 0 Å². The van der Waals surface area contributed by atoms with Crippen molar-refractivity contribution in [2.45, 2.75) is 40.5 Å². The molecule has 2 N–H and O–H groups in total. The van der Waals surface area contributed by atoms with E-state index in [0.29, 0.717) is 58.7 Å². The maximum atomic E-state index is 13.1. The van der Waals surface area contributed by atoms with Crippen molar-refractivity contribution in [2.75, 3.05) is 23.8 Å². The number of ether oxygens (including phenoxy) is 2. The molecule has 33 heavy (non-hydrogen) atoms. The van der Waals surface area contributed by atoms with E-state index in [9.17, 15) is 9.59 Å². The van der Waals surface area contributed by atoms with Crippen molar-refractivity contribution in [3.8, 4) is 11.5 Å². The van der Waals surface area contributed by atoms with Crippen molar-refractivity contribution in [1.29, 1.82) is 0 Å². The summed E-state index contributed by atoms with van der Waals surface area (Å²) in [6.45, 7) is 10.0. The van der Waals surface area contributed by atoms with E-state index in [0.717, 1.165) is 0 Å². The zero-order valence-electron chi connectivity index (χ0n) is 19.5. The molecule has 0 radical (unpaired) electrons. The standard InChI is InChI=1S/C25H29N3O5/c1-6-31-20-14-19(27-25(30)22-16(5)28-33-23(22)15(3)4)21(32-7-2)13-18(20)26-24(29)17-11-9-8-10-12-17/h8-15H,6-7H2,1-5H3,(H,26,29)(H,27,30). The molecule has 1 aromatic heterocycles. The van der Waals surface area contributed by atoms with Crippen LogP contribution in [0.3, 0.4) is 0 Å². The van der Waals surface area contributed by atoms with E-state index in [2.05, 4.69) is 15.8 Å². The summed E-state index contributed by atoms with van der Waals surface area (Å²) in [7, 11) is 0. The SMILES string of the molecule is CCOc1cc(NC(=O)c2c(C)noc2C(C)C)c(OCC)cc1NC(=O)c1ccccc1. The molecule has 0 saturated heterocycles. The summed E-state index contributed by atoms with van der Waals surface area (Å²) in [5.74, 6) is 0.677. The molecule has 0 bridgehead atoms. The fourth-order valence-electron chi connectivity index (χ4n) is 3.33. The molecule has 0 aliphatic carbocycles. The summed E-state index contributed by atoms with van der Waals surface area (Å²) in [5, 5.41) is 9.70. The number of carbonyl (C=O) groups excluding carboxylic acids is 2. The maximum Gasteiger partial charge on any atom is 0.261 e. The molecule has 8 heteroatoms. The van der Waals surface area contributed by atoms with Crippen LogP contribution in [0.5, 0.6) is 11.5 Å². The largest absolute Gasteiger partial charge is 0.492 e. The fourth-order valence-corrected chi connectivity index (χ4v) is 3.33. The molecule has 174 valence electrons. The summed E-state index contributed by atoms with van der Waals surface area (Å²) in [4.78, 5) is 25.8. The Morgan fingerprint density at radius 3 is 2.00 bits per heavy atom. The minimum absolute atomic E-state index is 0.00660. The van der Waals surface area contributed by atoms with Crippen LogP contribution in [0.1, 0.15) is 65.8 Å². The van der Waals surface area contributed by atoms with Crippen molar-refractivity contribution >= 4 is 23.2 Å². The van der Waals surface area contributed by atoms with Gasteiger partial charge in [-0.2, -0.15) is 0 Å². The first-order valence-electron chi connectivity index (χ1n) is 10.9. The maximum absolute atomic E-state index is 13.1. The van der Waals surface area contributed by atoms with Gasteiger partial charge in [0.1, 0.15) is 17.1 Å². The molecular formula is C25H29N3O5. The Hall–Kier alpha value is -3.81. The molecule has 0 spiro atoms. The highest BCUT2D eigenvalue weighted by Gasteiger charge is 2.24. The molecule has 3 rings (SSSR count). The molecule has 0 saturated carbocycles. The minimum atomic E-state index is -0.359. The lowest BCUT2D eigenvalue weighted by Crippen LogP contribution is -2.17. The molecule has 8 nitrogen and oxygen atoms in total. The van der Waals surface area contributed by atoms with Gasteiger partial charge < -0.3 is 24.6 Å². The zero-order valence-corrected chi connectivity index (χ0v) is 19.5. The van der Waals surface area contributed by atoms with Crippen LogP contribution in [-0.2, 0) is 0 Å². The van der Waals surface area contributed by atoms with Gasteiger partial charge in [0.25, 0.3) is 11.8 Å². The summed E-state index contributed by atoms with van der Waals surface area (Å²) in [6.07, 6.45) is 0. The number of hydrogen-bond acceptors (Lipinski definition) is 6. The molecule has 1 heterocycles. The Kier molecular flexibility index (Phi) is 7.71. The lowest BCUT2D eigenvalue weighted by Gasteiger charge is -2.18. The average Bonchev–Trinajstić information content (AvgIpc) is 3.19. The van der Waals surface area contributed by atoms with Gasteiger partial charge >= 0.3 is 0 Å². The highest BCUT2D eigenvalue weighted by molar-refractivity contribution is 6.08. The molecule has 2 aromatic carbocycles. The average molecular weight is 452 g/mol. The van der Waals surface area contributed by atoms with Crippen LogP contribution < -0.4 is 20.1 Å². The smallest absolute Gasteiger partial charge is 0.261 e. The monoisotopic (exact) mass is 451 g/mol. The first-order valence-corrected chi connectivity index (χ1v) is 10.9. The number of benzene rings is 2. The lowest BCUT2D eigenvalue weighted by molar-refractivity contribution is 0.101. The number of hydrogen-bond donors (Lipinski definition) is 2. The molecule has 0 aliphatic heterocycles. The van der Waals surface area contributed by atoms with E-state index in [4.69, 9.17) is 14.0 Å². The third kappa shape index (κ3) is 5.52. The first-order chi connectivity index (χ1) is 15.8. The number of nitrogens with one attached hydrogen (secondary N) is 2. The summed E-state index contributed by atoms with van der Waals surface area (Å²) in [5.41, 5.74) is 2.27.